The third-order valence-corrected chi connectivity index (χ3v) is 3.92. The lowest BCUT2D eigenvalue weighted by molar-refractivity contribution is -0.122. The van der Waals surface area contributed by atoms with Crippen LogP contribution in [0.2, 0.25) is 0 Å². The van der Waals surface area contributed by atoms with E-state index in [0.29, 0.717) is 6.61 Å². The van der Waals surface area contributed by atoms with E-state index in [1.807, 2.05) is 13.0 Å². The summed E-state index contributed by atoms with van der Waals surface area (Å²) in [7, 11) is 0. The van der Waals surface area contributed by atoms with Gasteiger partial charge in [-0.1, -0.05) is 0 Å². The maximum atomic E-state index is 8.36. The van der Waals surface area contributed by atoms with E-state index in [4.69, 9.17) is 20.4 Å². The molecule has 4 N–H and O–H groups in total. The number of ether oxygens (including phenoxy) is 1. The van der Waals surface area contributed by atoms with Gasteiger partial charge in [-0.15, -0.1) is 0 Å². The molecule has 1 saturated heterocycles. The number of nitrogens with zero attached hydrogens (tertiary/aromatic N) is 1. The Balaban J connectivity index is 0.000000816. The molecule has 0 saturated carbocycles. The Kier molecular flexibility index (Phi) is 9.09. The van der Waals surface area contributed by atoms with Crippen LogP contribution in [-0.4, -0.2) is 49.3 Å². The highest BCUT2D eigenvalue weighted by Gasteiger charge is 2.11. The van der Waals surface area contributed by atoms with Gasteiger partial charge in [-0.2, -0.15) is 0 Å². The van der Waals surface area contributed by atoms with Gasteiger partial charge in [-0.25, -0.2) is 0 Å². The molecule has 0 bridgehead atoms. The number of hydrogen-bond acceptors (Lipinski definition) is 5. The zero-order valence-corrected chi connectivity index (χ0v) is 14.2. The number of nitrogens with two attached hydrogens (primary N) is 1. The lowest BCUT2D eigenvalue weighted by Crippen LogP contribution is -2.26. The quantitative estimate of drug-likeness (QED) is 0.527. The molecule has 0 unspecified atom stereocenters. The number of benzene rings is 1. The monoisotopic (exact) mass is 323 g/mol. The van der Waals surface area contributed by atoms with E-state index in [1.54, 1.807) is 0 Å². The minimum Gasteiger partial charge on any atom is -0.483 e. The molecule has 2 rings (SSSR count). The zero-order chi connectivity index (χ0) is 17.1. The van der Waals surface area contributed by atoms with Crippen LogP contribution in [0.5, 0.6) is 0 Å². The molecule has 0 radical (unpaired) electrons. The average molecular weight is 323 g/mol. The van der Waals surface area contributed by atoms with E-state index in [0.717, 1.165) is 42.2 Å². The van der Waals surface area contributed by atoms with E-state index in [2.05, 4.69) is 23.2 Å². The fourth-order valence-electron chi connectivity index (χ4n) is 2.64. The fraction of sp³-hybridized carbons (Fsp3) is 0.588. The van der Waals surface area contributed by atoms with Crippen LogP contribution >= 0.6 is 0 Å². The maximum absolute atomic E-state index is 8.36. The molecule has 1 aliphatic heterocycles. The first-order valence-corrected chi connectivity index (χ1v) is 8.13. The predicted octanol–water partition coefficient (Wildman–Crippen LogP) is 2.32. The van der Waals surface area contributed by atoms with Crippen LogP contribution in [0.3, 0.4) is 0 Å². The van der Waals surface area contributed by atoms with Crippen molar-refractivity contribution in [3.63, 3.8) is 0 Å². The van der Waals surface area contributed by atoms with E-state index < -0.39 is 0 Å². The van der Waals surface area contributed by atoms with Gasteiger partial charge in [0.05, 0.1) is 6.61 Å². The van der Waals surface area contributed by atoms with E-state index in [-0.39, 0.29) is 6.47 Å². The molecule has 1 aliphatic rings. The number of nitrogen functional groups attached to an aromatic ring is 1. The molecular formula is C17H29N3O3. The molecule has 0 spiro atoms. The Morgan fingerprint density at radius 1 is 1.39 bits per heavy atom. The van der Waals surface area contributed by atoms with Crippen LogP contribution < -0.4 is 11.1 Å². The second-order valence-electron chi connectivity index (χ2n) is 5.58. The molecule has 6 heteroatoms. The summed E-state index contributed by atoms with van der Waals surface area (Å²) in [5.41, 5.74) is 10.3. The standard InChI is InChI=1S/C16H27N3O.CH2O2/c1-3-20-12-14-10-15(17)13(2)16(11-14)18-6-9-19-7-4-5-8-19;2-1-3/h10-11,18H,3-9,12,17H2,1-2H3;1H,(H,2,3). The summed E-state index contributed by atoms with van der Waals surface area (Å²) in [6, 6.07) is 4.17. The molecule has 0 atom stereocenters. The van der Waals surface area contributed by atoms with Crippen molar-refractivity contribution < 1.29 is 14.6 Å². The van der Waals surface area contributed by atoms with Gasteiger partial charge in [-0.05, 0) is 63.0 Å². The highest BCUT2D eigenvalue weighted by molar-refractivity contribution is 5.64. The summed E-state index contributed by atoms with van der Waals surface area (Å²) in [6.45, 7) is 9.74. The smallest absolute Gasteiger partial charge is 0.290 e. The number of likely N-dealkylation sites (tertiary alicyclic amines) is 1. The summed E-state index contributed by atoms with van der Waals surface area (Å²) < 4.78 is 5.46. The molecule has 1 fully saturated rings. The largest absolute Gasteiger partial charge is 0.483 e. The van der Waals surface area contributed by atoms with E-state index in [9.17, 15) is 0 Å². The number of rotatable bonds is 7. The van der Waals surface area contributed by atoms with E-state index in [1.165, 1.54) is 25.9 Å². The lowest BCUT2D eigenvalue weighted by Gasteiger charge is -2.18. The number of nitrogens with one attached hydrogen (secondary N) is 1. The molecule has 1 aromatic rings. The van der Waals surface area contributed by atoms with Gasteiger partial charge in [-0.3, -0.25) is 4.79 Å². The van der Waals surface area contributed by atoms with Gasteiger partial charge in [0, 0.05) is 31.1 Å². The van der Waals surface area contributed by atoms with Crippen molar-refractivity contribution in [1.29, 1.82) is 0 Å². The molecule has 1 heterocycles. The van der Waals surface area contributed by atoms with Crippen LogP contribution in [0.15, 0.2) is 12.1 Å². The van der Waals surface area contributed by atoms with Gasteiger partial charge in [0.2, 0.25) is 0 Å². The third kappa shape index (κ3) is 6.88. The Labute approximate surface area is 138 Å². The number of anilines is 2. The number of carbonyl (C=O) groups is 1. The van der Waals surface area contributed by atoms with Gasteiger partial charge in [0.25, 0.3) is 6.47 Å². The minimum atomic E-state index is -0.250. The van der Waals surface area contributed by atoms with Gasteiger partial charge in [0.15, 0.2) is 0 Å². The second-order valence-corrected chi connectivity index (χ2v) is 5.58. The Morgan fingerprint density at radius 2 is 2.04 bits per heavy atom. The first-order valence-electron chi connectivity index (χ1n) is 8.13. The highest BCUT2D eigenvalue weighted by Crippen LogP contribution is 2.24. The molecule has 23 heavy (non-hydrogen) atoms. The molecule has 1 aromatic carbocycles. The summed E-state index contributed by atoms with van der Waals surface area (Å²) in [6.07, 6.45) is 2.69. The normalized spacial score (nSPS) is 14.2. The van der Waals surface area contributed by atoms with Crippen LogP contribution in [0.4, 0.5) is 11.4 Å². The fourth-order valence-corrected chi connectivity index (χ4v) is 2.64. The SMILES string of the molecule is CCOCc1cc(N)c(C)c(NCCN2CCCC2)c1.O=CO. The topological polar surface area (TPSA) is 87.8 Å². The maximum Gasteiger partial charge on any atom is 0.290 e. The molecule has 0 aliphatic carbocycles. The van der Waals surface area contributed by atoms with Crippen molar-refractivity contribution in [1.82, 2.24) is 4.90 Å². The van der Waals surface area contributed by atoms with Crippen LogP contribution in [0.25, 0.3) is 0 Å². The van der Waals surface area contributed by atoms with Crippen LogP contribution in [-0.2, 0) is 16.1 Å². The number of carboxylic acid groups (broad SMARTS) is 1. The molecule has 0 amide bonds. The second kappa shape index (κ2) is 10.9. The Morgan fingerprint density at radius 3 is 2.65 bits per heavy atom. The van der Waals surface area contributed by atoms with Crippen molar-refractivity contribution in [2.75, 3.05) is 43.8 Å². The summed E-state index contributed by atoms with van der Waals surface area (Å²) in [5.74, 6) is 0. The van der Waals surface area contributed by atoms with Crippen molar-refractivity contribution in [2.45, 2.75) is 33.3 Å². The third-order valence-electron chi connectivity index (χ3n) is 3.92. The van der Waals surface area contributed by atoms with Crippen molar-refractivity contribution >= 4 is 17.8 Å². The molecular weight excluding hydrogens is 294 g/mol. The van der Waals surface area contributed by atoms with E-state index >= 15 is 0 Å². The van der Waals surface area contributed by atoms with Crippen molar-refractivity contribution in [2.24, 2.45) is 0 Å². The minimum absolute atomic E-state index is 0.250. The van der Waals surface area contributed by atoms with Crippen molar-refractivity contribution in [3.05, 3.63) is 23.3 Å². The Hall–Kier alpha value is -1.79. The number of hydrogen-bond donors (Lipinski definition) is 3. The van der Waals surface area contributed by atoms with Crippen LogP contribution in [0, 0.1) is 6.92 Å². The first-order chi connectivity index (χ1) is 11.1. The highest BCUT2D eigenvalue weighted by atomic mass is 16.5. The average Bonchev–Trinajstić information content (AvgIpc) is 3.03. The van der Waals surface area contributed by atoms with Gasteiger partial charge >= 0.3 is 0 Å². The summed E-state index contributed by atoms with van der Waals surface area (Å²) in [4.78, 5) is 10.9. The summed E-state index contributed by atoms with van der Waals surface area (Å²) >= 11 is 0. The summed E-state index contributed by atoms with van der Waals surface area (Å²) in [5, 5.41) is 10.4. The van der Waals surface area contributed by atoms with Gasteiger partial charge < -0.3 is 25.8 Å². The first kappa shape index (κ1) is 19.3. The van der Waals surface area contributed by atoms with Crippen LogP contribution in [0.1, 0.15) is 30.9 Å². The van der Waals surface area contributed by atoms with Gasteiger partial charge in [0.1, 0.15) is 0 Å². The lowest BCUT2D eigenvalue weighted by atomic mass is 10.1. The molecule has 6 nitrogen and oxygen atoms in total. The molecule has 130 valence electrons. The molecule has 0 aromatic heterocycles. The zero-order valence-electron chi connectivity index (χ0n) is 14.2. The predicted molar refractivity (Wildman–Crippen MR) is 93.8 cm³/mol. The Bertz CT molecular complexity index is 474. The van der Waals surface area contributed by atoms with Crippen molar-refractivity contribution in [3.8, 4) is 0 Å².